The van der Waals surface area contributed by atoms with E-state index >= 15 is 0 Å². The molecule has 1 fully saturated rings. The molecule has 0 aromatic carbocycles. The molecular formula is C12H21N5. The van der Waals surface area contributed by atoms with Crippen LogP contribution in [0.1, 0.15) is 25.7 Å². The molecule has 0 atom stereocenters. The number of nitrogens with zero attached hydrogens (tertiary/aromatic N) is 3. The normalized spacial score (nSPS) is 17.6. The first-order valence-electron chi connectivity index (χ1n) is 6.38. The third-order valence-corrected chi connectivity index (χ3v) is 3.12. The predicted octanol–water partition coefficient (Wildman–Crippen LogP) is 1.35. The van der Waals surface area contributed by atoms with Crippen molar-refractivity contribution in [1.82, 2.24) is 14.9 Å². The van der Waals surface area contributed by atoms with E-state index in [1.165, 1.54) is 45.1 Å². The number of anilines is 2. The van der Waals surface area contributed by atoms with Gasteiger partial charge in [0.1, 0.15) is 18.0 Å². The molecule has 1 saturated heterocycles. The molecule has 17 heavy (non-hydrogen) atoms. The Balaban J connectivity index is 1.71. The SMILES string of the molecule is Nc1cc(NCCN2CCCCCC2)ncn1. The van der Waals surface area contributed by atoms with E-state index < -0.39 is 0 Å². The minimum absolute atomic E-state index is 0.511. The summed E-state index contributed by atoms with van der Waals surface area (Å²) in [4.78, 5) is 10.5. The molecule has 0 saturated carbocycles. The molecule has 1 aromatic rings. The number of hydrogen-bond acceptors (Lipinski definition) is 5. The van der Waals surface area contributed by atoms with E-state index in [2.05, 4.69) is 20.2 Å². The van der Waals surface area contributed by atoms with Crippen molar-refractivity contribution in [3.8, 4) is 0 Å². The quantitative estimate of drug-likeness (QED) is 0.824. The lowest BCUT2D eigenvalue weighted by Crippen LogP contribution is -2.30. The highest BCUT2D eigenvalue weighted by molar-refractivity contribution is 5.43. The molecular weight excluding hydrogens is 214 g/mol. The van der Waals surface area contributed by atoms with Gasteiger partial charge in [0.25, 0.3) is 0 Å². The van der Waals surface area contributed by atoms with Crippen LogP contribution in [0.3, 0.4) is 0 Å². The van der Waals surface area contributed by atoms with E-state index in [1.807, 2.05) is 0 Å². The van der Waals surface area contributed by atoms with Crippen LogP contribution in [0.4, 0.5) is 11.6 Å². The summed E-state index contributed by atoms with van der Waals surface area (Å²) in [6.45, 7) is 4.45. The standard InChI is InChI=1S/C12H21N5/c13-11-9-12(16-10-15-11)14-5-8-17-6-3-1-2-4-7-17/h9-10H,1-8H2,(H3,13,14,15,16). The molecule has 0 aliphatic carbocycles. The van der Waals surface area contributed by atoms with E-state index in [1.54, 1.807) is 6.07 Å². The highest BCUT2D eigenvalue weighted by Crippen LogP contribution is 2.09. The molecule has 0 spiro atoms. The highest BCUT2D eigenvalue weighted by atomic mass is 15.1. The van der Waals surface area contributed by atoms with Gasteiger partial charge in [-0.2, -0.15) is 0 Å². The second kappa shape index (κ2) is 6.39. The van der Waals surface area contributed by atoms with Crippen molar-refractivity contribution in [3.63, 3.8) is 0 Å². The van der Waals surface area contributed by atoms with Gasteiger partial charge in [-0.3, -0.25) is 0 Å². The van der Waals surface area contributed by atoms with Crippen LogP contribution in [0.25, 0.3) is 0 Å². The number of aromatic nitrogens is 2. The van der Waals surface area contributed by atoms with E-state index in [9.17, 15) is 0 Å². The summed E-state index contributed by atoms with van der Waals surface area (Å²) in [5, 5.41) is 3.28. The van der Waals surface area contributed by atoms with Gasteiger partial charge < -0.3 is 16.0 Å². The molecule has 2 rings (SSSR count). The summed E-state index contributed by atoms with van der Waals surface area (Å²) in [5.41, 5.74) is 5.59. The second-order valence-electron chi connectivity index (χ2n) is 4.51. The maximum atomic E-state index is 5.59. The van der Waals surface area contributed by atoms with Gasteiger partial charge in [-0.25, -0.2) is 9.97 Å². The zero-order chi connectivity index (χ0) is 11.9. The predicted molar refractivity (Wildman–Crippen MR) is 69.8 cm³/mol. The summed E-state index contributed by atoms with van der Waals surface area (Å²) in [6.07, 6.45) is 6.92. The van der Waals surface area contributed by atoms with Crippen LogP contribution >= 0.6 is 0 Å². The molecule has 2 heterocycles. The Bertz CT molecular complexity index is 333. The Morgan fingerprint density at radius 3 is 2.65 bits per heavy atom. The molecule has 3 N–H and O–H groups in total. The number of nitrogen functional groups attached to an aromatic ring is 1. The molecule has 94 valence electrons. The molecule has 1 aliphatic rings. The van der Waals surface area contributed by atoms with Gasteiger partial charge in [0, 0.05) is 19.2 Å². The average Bonchev–Trinajstić information content (AvgIpc) is 2.58. The smallest absolute Gasteiger partial charge is 0.131 e. The number of nitrogens with one attached hydrogen (secondary N) is 1. The topological polar surface area (TPSA) is 67.1 Å². The van der Waals surface area contributed by atoms with Gasteiger partial charge in [0.05, 0.1) is 0 Å². The zero-order valence-electron chi connectivity index (χ0n) is 10.2. The van der Waals surface area contributed by atoms with Crippen LogP contribution in [0.2, 0.25) is 0 Å². The van der Waals surface area contributed by atoms with Gasteiger partial charge in [-0.05, 0) is 25.9 Å². The number of nitrogens with two attached hydrogens (primary N) is 1. The van der Waals surface area contributed by atoms with Gasteiger partial charge in [0.15, 0.2) is 0 Å². The molecule has 1 aliphatic heterocycles. The van der Waals surface area contributed by atoms with Crippen LogP contribution in [-0.2, 0) is 0 Å². The van der Waals surface area contributed by atoms with Crippen molar-refractivity contribution in [3.05, 3.63) is 12.4 Å². The molecule has 0 radical (unpaired) electrons. The maximum absolute atomic E-state index is 5.59. The lowest BCUT2D eigenvalue weighted by Gasteiger charge is -2.19. The fourth-order valence-electron chi connectivity index (χ4n) is 2.17. The summed E-state index contributed by atoms with van der Waals surface area (Å²) in [7, 11) is 0. The zero-order valence-corrected chi connectivity index (χ0v) is 10.2. The lowest BCUT2D eigenvalue weighted by molar-refractivity contribution is 0.296. The lowest BCUT2D eigenvalue weighted by atomic mass is 10.2. The van der Waals surface area contributed by atoms with Crippen molar-refractivity contribution >= 4 is 11.6 Å². The van der Waals surface area contributed by atoms with Crippen LogP contribution in [0.5, 0.6) is 0 Å². The summed E-state index contributed by atoms with van der Waals surface area (Å²) < 4.78 is 0. The molecule has 0 bridgehead atoms. The van der Waals surface area contributed by atoms with Crippen LogP contribution in [-0.4, -0.2) is 41.0 Å². The number of rotatable bonds is 4. The van der Waals surface area contributed by atoms with Crippen molar-refractivity contribution in [1.29, 1.82) is 0 Å². The largest absolute Gasteiger partial charge is 0.384 e. The Morgan fingerprint density at radius 2 is 1.94 bits per heavy atom. The Hall–Kier alpha value is -1.36. The Kier molecular flexibility index (Phi) is 4.55. The summed E-state index contributed by atoms with van der Waals surface area (Å²) in [5.74, 6) is 1.32. The van der Waals surface area contributed by atoms with Gasteiger partial charge in [0.2, 0.25) is 0 Å². The molecule has 1 aromatic heterocycles. The molecule has 0 amide bonds. The van der Waals surface area contributed by atoms with Gasteiger partial charge in [-0.1, -0.05) is 12.8 Å². The molecule has 5 heteroatoms. The summed E-state index contributed by atoms with van der Waals surface area (Å²) in [6, 6.07) is 1.77. The van der Waals surface area contributed by atoms with Crippen molar-refractivity contribution in [2.45, 2.75) is 25.7 Å². The highest BCUT2D eigenvalue weighted by Gasteiger charge is 2.07. The van der Waals surface area contributed by atoms with Crippen LogP contribution in [0, 0.1) is 0 Å². The van der Waals surface area contributed by atoms with E-state index in [0.717, 1.165) is 18.9 Å². The first kappa shape index (κ1) is 12.1. The Labute approximate surface area is 102 Å². The minimum atomic E-state index is 0.511. The number of hydrogen-bond donors (Lipinski definition) is 2. The Morgan fingerprint density at radius 1 is 1.18 bits per heavy atom. The van der Waals surface area contributed by atoms with Crippen molar-refractivity contribution < 1.29 is 0 Å². The first-order valence-corrected chi connectivity index (χ1v) is 6.38. The minimum Gasteiger partial charge on any atom is -0.384 e. The van der Waals surface area contributed by atoms with Crippen molar-refractivity contribution in [2.75, 3.05) is 37.2 Å². The summed E-state index contributed by atoms with van der Waals surface area (Å²) >= 11 is 0. The average molecular weight is 235 g/mol. The maximum Gasteiger partial charge on any atom is 0.131 e. The number of likely N-dealkylation sites (tertiary alicyclic amines) is 1. The van der Waals surface area contributed by atoms with Gasteiger partial charge in [-0.15, -0.1) is 0 Å². The van der Waals surface area contributed by atoms with Crippen LogP contribution < -0.4 is 11.1 Å². The fraction of sp³-hybridized carbons (Fsp3) is 0.667. The van der Waals surface area contributed by atoms with Crippen LogP contribution in [0.15, 0.2) is 12.4 Å². The second-order valence-corrected chi connectivity index (χ2v) is 4.51. The monoisotopic (exact) mass is 235 g/mol. The third kappa shape index (κ3) is 4.19. The van der Waals surface area contributed by atoms with E-state index in [-0.39, 0.29) is 0 Å². The van der Waals surface area contributed by atoms with E-state index in [4.69, 9.17) is 5.73 Å². The van der Waals surface area contributed by atoms with E-state index in [0.29, 0.717) is 5.82 Å². The molecule has 0 unspecified atom stereocenters. The fourth-order valence-corrected chi connectivity index (χ4v) is 2.17. The molecule has 5 nitrogen and oxygen atoms in total. The third-order valence-electron chi connectivity index (χ3n) is 3.12. The van der Waals surface area contributed by atoms with Crippen molar-refractivity contribution in [2.24, 2.45) is 0 Å². The first-order chi connectivity index (χ1) is 8.34. The van der Waals surface area contributed by atoms with Gasteiger partial charge >= 0.3 is 0 Å².